The van der Waals surface area contributed by atoms with Crippen LogP contribution in [-0.2, 0) is 11.3 Å². The van der Waals surface area contributed by atoms with Crippen molar-refractivity contribution < 1.29 is 9.72 Å². The molecule has 1 amide bonds. The molecule has 0 aromatic heterocycles. The third-order valence-corrected chi connectivity index (χ3v) is 3.48. The molecule has 21 heavy (non-hydrogen) atoms. The molecule has 7 nitrogen and oxygen atoms in total. The lowest BCUT2D eigenvalue weighted by atomic mass is 10.1. The Morgan fingerprint density at radius 1 is 1.33 bits per heavy atom. The summed E-state index contributed by atoms with van der Waals surface area (Å²) in [5.74, 6) is -0.132. The Morgan fingerprint density at radius 2 is 2.05 bits per heavy atom. The van der Waals surface area contributed by atoms with Gasteiger partial charge in [-0.2, -0.15) is 5.26 Å². The number of nitriles is 1. The van der Waals surface area contributed by atoms with Crippen LogP contribution in [0, 0.1) is 21.4 Å². The van der Waals surface area contributed by atoms with Gasteiger partial charge in [-0.3, -0.25) is 19.8 Å². The fourth-order valence-corrected chi connectivity index (χ4v) is 2.36. The van der Waals surface area contributed by atoms with Gasteiger partial charge in [-0.25, -0.2) is 0 Å². The maximum atomic E-state index is 11.6. The van der Waals surface area contributed by atoms with E-state index in [0.29, 0.717) is 32.7 Å². The van der Waals surface area contributed by atoms with Crippen LogP contribution < -0.4 is 0 Å². The first-order valence-electron chi connectivity index (χ1n) is 6.70. The van der Waals surface area contributed by atoms with Crippen molar-refractivity contribution in [1.82, 2.24) is 9.80 Å². The molecular formula is C14H16N4O3. The monoisotopic (exact) mass is 288 g/mol. The average Bonchev–Trinajstić information content (AvgIpc) is 2.48. The number of non-ortho nitro benzene ring substituents is 1. The summed E-state index contributed by atoms with van der Waals surface area (Å²) in [5.41, 5.74) is 0.983. The van der Waals surface area contributed by atoms with Gasteiger partial charge in [0.25, 0.3) is 5.69 Å². The van der Waals surface area contributed by atoms with Crippen molar-refractivity contribution in [3.63, 3.8) is 0 Å². The summed E-state index contributed by atoms with van der Waals surface area (Å²) in [4.78, 5) is 25.8. The lowest BCUT2D eigenvalue weighted by Crippen LogP contribution is -2.48. The van der Waals surface area contributed by atoms with Gasteiger partial charge < -0.3 is 4.90 Å². The summed E-state index contributed by atoms with van der Waals surface area (Å²) in [6.07, 6.45) is -0.0785. The molecule has 1 aromatic carbocycles. The molecule has 1 saturated heterocycles. The van der Waals surface area contributed by atoms with Crippen molar-refractivity contribution in [3.8, 4) is 6.07 Å². The van der Waals surface area contributed by atoms with Gasteiger partial charge in [0, 0.05) is 44.9 Å². The molecule has 2 rings (SSSR count). The molecule has 0 N–H and O–H groups in total. The molecule has 1 aliphatic rings. The molecule has 1 fully saturated rings. The minimum Gasteiger partial charge on any atom is -0.339 e. The Balaban J connectivity index is 1.89. The fraction of sp³-hybridized carbons (Fsp3) is 0.429. The largest absolute Gasteiger partial charge is 0.339 e. The van der Waals surface area contributed by atoms with E-state index in [4.69, 9.17) is 5.26 Å². The third kappa shape index (κ3) is 4.00. The molecule has 110 valence electrons. The van der Waals surface area contributed by atoms with Gasteiger partial charge in [-0.1, -0.05) is 12.1 Å². The van der Waals surface area contributed by atoms with Crippen LogP contribution in [-0.4, -0.2) is 46.8 Å². The maximum Gasteiger partial charge on any atom is 0.269 e. The Hall–Kier alpha value is -2.46. The molecule has 0 unspecified atom stereocenters. The van der Waals surface area contributed by atoms with E-state index in [9.17, 15) is 14.9 Å². The first-order chi connectivity index (χ1) is 10.1. The highest BCUT2D eigenvalue weighted by molar-refractivity contribution is 5.78. The number of hydrogen-bond donors (Lipinski definition) is 0. The number of nitro groups is 1. The third-order valence-electron chi connectivity index (χ3n) is 3.48. The topological polar surface area (TPSA) is 90.5 Å². The first kappa shape index (κ1) is 14.9. The van der Waals surface area contributed by atoms with Crippen LogP contribution in [0.5, 0.6) is 0 Å². The van der Waals surface area contributed by atoms with Gasteiger partial charge in [0.05, 0.1) is 11.0 Å². The number of rotatable bonds is 4. The second kappa shape index (κ2) is 6.81. The first-order valence-corrected chi connectivity index (χ1v) is 6.70. The van der Waals surface area contributed by atoms with E-state index in [0.717, 1.165) is 5.56 Å². The quantitative estimate of drug-likeness (QED) is 0.612. The Morgan fingerprint density at radius 3 is 2.67 bits per heavy atom. The molecule has 7 heteroatoms. The van der Waals surface area contributed by atoms with Gasteiger partial charge in [-0.05, 0) is 5.56 Å². The van der Waals surface area contributed by atoms with Crippen molar-refractivity contribution in [2.45, 2.75) is 13.0 Å². The number of amides is 1. The second-order valence-corrected chi connectivity index (χ2v) is 4.92. The Labute approximate surface area is 122 Å². The molecule has 0 aliphatic carbocycles. The van der Waals surface area contributed by atoms with Gasteiger partial charge in [0.2, 0.25) is 5.91 Å². The standard InChI is InChI=1S/C14H16N4O3/c15-5-4-14(19)17-8-6-16(7-9-17)11-12-2-1-3-13(10-12)18(20)21/h1-3,10H,4,6-9,11H2. The zero-order valence-electron chi connectivity index (χ0n) is 11.6. The van der Waals surface area contributed by atoms with Gasteiger partial charge in [0.15, 0.2) is 0 Å². The predicted molar refractivity (Wildman–Crippen MR) is 75.2 cm³/mol. The zero-order valence-corrected chi connectivity index (χ0v) is 11.6. The highest BCUT2D eigenvalue weighted by Gasteiger charge is 2.21. The fourth-order valence-electron chi connectivity index (χ4n) is 2.36. The number of carbonyl (C=O) groups is 1. The SMILES string of the molecule is N#CCC(=O)N1CCN(Cc2cccc([N+](=O)[O-])c2)CC1. The van der Waals surface area contributed by atoms with Gasteiger partial charge in [0.1, 0.15) is 6.42 Å². The number of nitrogens with zero attached hydrogens (tertiary/aromatic N) is 4. The summed E-state index contributed by atoms with van der Waals surface area (Å²) in [7, 11) is 0. The lowest BCUT2D eigenvalue weighted by Gasteiger charge is -2.34. The van der Waals surface area contributed by atoms with Crippen LogP contribution in [0.15, 0.2) is 24.3 Å². The Kier molecular flexibility index (Phi) is 4.85. The summed E-state index contributed by atoms with van der Waals surface area (Å²) >= 11 is 0. The van der Waals surface area contributed by atoms with Crippen molar-refractivity contribution in [2.24, 2.45) is 0 Å². The molecule has 0 bridgehead atoms. The van der Waals surface area contributed by atoms with Crippen LogP contribution in [0.1, 0.15) is 12.0 Å². The molecule has 1 heterocycles. The van der Waals surface area contributed by atoms with Crippen molar-refractivity contribution in [2.75, 3.05) is 26.2 Å². The van der Waals surface area contributed by atoms with Crippen LogP contribution in [0.3, 0.4) is 0 Å². The molecule has 0 spiro atoms. The number of hydrogen-bond acceptors (Lipinski definition) is 5. The van der Waals surface area contributed by atoms with E-state index in [1.807, 2.05) is 12.1 Å². The molecular weight excluding hydrogens is 272 g/mol. The molecule has 0 radical (unpaired) electrons. The predicted octanol–water partition coefficient (Wildman–Crippen LogP) is 1.15. The smallest absolute Gasteiger partial charge is 0.269 e. The van der Waals surface area contributed by atoms with Crippen LogP contribution in [0.2, 0.25) is 0 Å². The van der Waals surface area contributed by atoms with Crippen LogP contribution in [0.25, 0.3) is 0 Å². The number of piperazine rings is 1. The minimum absolute atomic E-state index is 0.0785. The van der Waals surface area contributed by atoms with E-state index in [-0.39, 0.29) is 18.0 Å². The van der Waals surface area contributed by atoms with E-state index in [1.165, 1.54) is 6.07 Å². The second-order valence-electron chi connectivity index (χ2n) is 4.92. The average molecular weight is 288 g/mol. The molecule has 0 saturated carbocycles. The number of nitro benzene ring substituents is 1. The lowest BCUT2D eigenvalue weighted by molar-refractivity contribution is -0.384. The molecule has 1 aromatic rings. The number of benzene rings is 1. The van der Waals surface area contributed by atoms with Gasteiger partial charge in [-0.15, -0.1) is 0 Å². The van der Waals surface area contributed by atoms with E-state index in [1.54, 1.807) is 17.0 Å². The summed E-state index contributed by atoms with van der Waals surface area (Å²) in [6.45, 7) is 3.23. The summed E-state index contributed by atoms with van der Waals surface area (Å²) in [5, 5.41) is 19.3. The number of carbonyl (C=O) groups excluding carboxylic acids is 1. The van der Waals surface area contributed by atoms with Crippen molar-refractivity contribution >= 4 is 11.6 Å². The zero-order chi connectivity index (χ0) is 15.2. The van der Waals surface area contributed by atoms with E-state index < -0.39 is 4.92 Å². The van der Waals surface area contributed by atoms with E-state index in [2.05, 4.69) is 4.90 Å². The van der Waals surface area contributed by atoms with Crippen LogP contribution in [0.4, 0.5) is 5.69 Å². The highest BCUT2D eigenvalue weighted by Crippen LogP contribution is 2.15. The maximum absolute atomic E-state index is 11.6. The molecule has 1 aliphatic heterocycles. The Bertz CT molecular complexity index is 574. The molecule has 0 atom stereocenters. The minimum atomic E-state index is -0.401. The summed E-state index contributed by atoms with van der Waals surface area (Å²) < 4.78 is 0. The van der Waals surface area contributed by atoms with Crippen molar-refractivity contribution in [3.05, 3.63) is 39.9 Å². The van der Waals surface area contributed by atoms with E-state index >= 15 is 0 Å². The normalized spacial score (nSPS) is 15.5. The van der Waals surface area contributed by atoms with Gasteiger partial charge >= 0.3 is 0 Å². The van der Waals surface area contributed by atoms with Crippen molar-refractivity contribution in [1.29, 1.82) is 5.26 Å². The highest BCUT2D eigenvalue weighted by atomic mass is 16.6. The summed E-state index contributed by atoms with van der Waals surface area (Å²) in [6, 6.07) is 8.46. The van der Waals surface area contributed by atoms with Crippen LogP contribution >= 0.6 is 0 Å².